The molecule has 1 amide bonds. The molecule has 1 aliphatic carbocycles. The highest BCUT2D eigenvalue weighted by atomic mass is 19.3. The highest BCUT2D eigenvalue weighted by Crippen LogP contribution is 2.36. The van der Waals surface area contributed by atoms with E-state index in [4.69, 9.17) is 11.5 Å². The van der Waals surface area contributed by atoms with Crippen molar-refractivity contribution in [2.75, 3.05) is 17.3 Å². The minimum absolute atomic E-state index is 0.00558. The molecule has 32 heavy (non-hydrogen) atoms. The number of alkyl halides is 2. The maximum atomic E-state index is 14.9. The average Bonchev–Trinajstić information content (AvgIpc) is 2.76. The van der Waals surface area contributed by atoms with E-state index in [9.17, 15) is 18.0 Å². The van der Waals surface area contributed by atoms with Gasteiger partial charge >= 0.3 is 0 Å². The lowest BCUT2D eigenvalue weighted by Crippen LogP contribution is -2.58. The van der Waals surface area contributed by atoms with Gasteiger partial charge in [-0.3, -0.25) is 9.78 Å². The zero-order chi connectivity index (χ0) is 23.0. The summed E-state index contributed by atoms with van der Waals surface area (Å²) in [7, 11) is 1.46. The summed E-state index contributed by atoms with van der Waals surface area (Å²) in [6.07, 6.45) is 1.85. The number of hydrogen-bond acceptors (Lipinski definition) is 6. The summed E-state index contributed by atoms with van der Waals surface area (Å²) in [4.78, 5) is 21.8. The van der Waals surface area contributed by atoms with Crippen LogP contribution >= 0.6 is 0 Å². The number of amides is 1. The lowest BCUT2D eigenvalue weighted by Gasteiger charge is -2.41. The van der Waals surface area contributed by atoms with Crippen molar-refractivity contribution in [3.63, 3.8) is 0 Å². The monoisotopic (exact) mass is 444 g/mol. The summed E-state index contributed by atoms with van der Waals surface area (Å²) in [5, 5.41) is 3.79. The number of nitrogens with two attached hydrogens (primary N) is 2. The van der Waals surface area contributed by atoms with Gasteiger partial charge < -0.3 is 21.7 Å². The molecule has 4 rings (SSSR count). The van der Waals surface area contributed by atoms with E-state index in [0.29, 0.717) is 12.1 Å². The van der Waals surface area contributed by atoms with E-state index in [-0.39, 0.29) is 30.0 Å². The number of anilines is 3. The first-order chi connectivity index (χ1) is 15.2. The fourth-order valence-electron chi connectivity index (χ4n) is 4.05. The Labute approximate surface area is 182 Å². The molecule has 0 aliphatic heterocycles. The van der Waals surface area contributed by atoms with E-state index in [1.807, 2.05) is 24.3 Å². The van der Waals surface area contributed by atoms with Gasteiger partial charge in [0.2, 0.25) is 0 Å². The number of nitrogens with one attached hydrogen (secondary N) is 1. The minimum Gasteiger partial charge on any atom is -0.365 e. The quantitative estimate of drug-likeness (QED) is 0.555. The van der Waals surface area contributed by atoms with Gasteiger partial charge in [0.1, 0.15) is 5.82 Å². The number of carbonyl (C=O) groups excluding carboxylic acids is 1. The molecule has 2 aromatic heterocycles. The first-order valence-corrected chi connectivity index (χ1v) is 10.2. The van der Waals surface area contributed by atoms with Gasteiger partial charge in [-0.1, -0.05) is 18.2 Å². The molecule has 0 unspecified atom stereocenters. The van der Waals surface area contributed by atoms with Gasteiger partial charge in [0.25, 0.3) is 11.8 Å². The Morgan fingerprint density at radius 2 is 2.03 bits per heavy atom. The van der Waals surface area contributed by atoms with Gasteiger partial charge in [-0.2, -0.15) is 0 Å². The van der Waals surface area contributed by atoms with Gasteiger partial charge in [0.15, 0.2) is 11.6 Å². The predicted molar refractivity (Wildman–Crippen MR) is 117 cm³/mol. The van der Waals surface area contributed by atoms with Crippen molar-refractivity contribution >= 4 is 34.1 Å². The smallest absolute Gasteiger partial charge is 0.264 e. The molecule has 1 aromatic carbocycles. The van der Waals surface area contributed by atoms with E-state index >= 15 is 0 Å². The Kier molecular flexibility index (Phi) is 5.64. The standard InChI is InChI=1S/C22H23F3N6O/c1-31(17-7-4-8-22(24,25)18(17)26)21-15(23)10-14(19(27)32)20(30-21)29-13-9-12-5-2-3-6-16(12)28-11-13/h2-3,5-6,9-11,17-18H,4,7-8,26H2,1H3,(H2,27,32)(H,29,30)/t17-,18-/m1/s1. The van der Waals surface area contributed by atoms with E-state index in [2.05, 4.69) is 15.3 Å². The highest BCUT2D eigenvalue weighted by Gasteiger charge is 2.46. The number of halogens is 3. The van der Waals surface area contributed by atoms with Crippen molar-refractivity contribution in [1.29, 1.82) is 0 Å². The van der Waals surface area contributed by atoms with Gasteiger partial charge in [-0.25, -0.2) is 18.2 Å². The number of fused-ring (bicyclic) bond motifs is 1. The van der Waals surface area contributed by atoms with Gasteiger partial charge in [-0.15, -0.1) is 0 Å². The van der Waals surface area contributed by atoms with Crippen molar-refractivity contribution in [1.82, 2.24) is 9.97 Å². The van der Waals surface area contributed by atoms with E-state index in [1.165, 1.54) is 11.9 Å². The third-order valence-electron chi connectivity index (χ3n) is 5.82. The summed E-state index contributed by atoms with van der Waals surface area (Å²) in [6, 6.07) is 7.87. The predicted octanol–water partition coefficient (Wildman–Crippen LogP) is 3.56. The van der Waals surface area contributed by atoms with Crippen LogP contribution in [0.2, 0.25) is 0 Å². The van der Waals surface area contributed by atoms with E-state index in [0.717, 1.165) is 17.0 Å². The van der Waals surface area contributed by atoms with Crippen LogP contribution in [0.4, 0.5) is 30.5 Å². The highest BCUT2D eigenvalue weighted by molar-refractivity contribution is 5.99. The topological polar surface area (TPSA) is 110 Å². The largest absolute Gasteiger partial charge is 0.365 e. The molecule has 10 heteroatoms. The normalized spacial score (nSPS) is 20.2. The van der Waals surface area contributed by atoms with E-state index < -0.39 is 29.7 Å². The summed E-state index contributed by atoms with van der Waals surface area (Å²) in [5.41, 5.74) is 12.3. The molecular weight excluding hydrogens is 421 g/mol. The fourth-order valence-corrected chi connectivity index (χ4v) is 4.05. The Bertz CT molecular complexity index is 1170. The third kappa shape index (κ3) is 4.05. The lowest BCUT2D eigenvalue weighted by atomic mass is 9.86. The van der Waals surface area contributed by atoms with Crippen molar-refractivity contribution < 1.29 is 18.0 Å². The second-order valence-corrected chi connectivity index (χ2v) is 7.95. The Morgan fingerprint density at radius 1 is 1.28 bits per heavy atom. The number of pyridine rings is 2. The first kappa shape index (κ1) is 21.8. The van der Waals surface area contributed by atoms with Crippen molar-refractivity contribution in [3.05, 3.63) is 54.0 Å². The zero-order valence-electron chi connectivity index (χ0n) is 17.4. The van der Waals surface area contributed by atoms with Crippen LogP contribution in [0.5, 0.6) is 0 Å². The number of carbonyl (C=O) groups is 1. The molecule has 0 bridgehead atoms. The zero-order valence-corrected chi connectivity index (χ0v) is 17.4. The van der Waals surface area contributed by atoms with Crippen molar-refractivity contribution in [3.8, 4) is 0 Å². The molecule has 5 N–H and O–H groups in total. The number of nitrogens with zero attached hydrogens (tertiary/aromatic N) is 3. The molecule has 0 spiro atoms. The molecule has 2 heterocycles. The van der Waals surface area contributed by atoms with Crippen LogP contribution in [-0.2, 0) is 0 Å². The fraction of sp³-hybridized carbons (Fsp3) is 0.318. The van der Waals surface area contributed by atoms with Crippen LogP contribution in [0.25, 0.3) is 10.9 Å². The lowest BCUT2D eigenvalue weighted by molar-refractivity contribution is -0.0585. The Hall–Kier alpha value is -3.40. The molecule has 0 radical (unpaired) electrons. The van der Waals surface area contributed by atoms with Gasteiger partial charge in [0.05, 0.1) is 35.0 Å². The van der Waals surface area contributed by atoms with Crippen LogP contribution in [0.3, 0.4) is 0 Å². The number of benzene rings is 1. The molecule has 0 saturated heterocycles. The SMILES string of the molecule is CN(c1nc(Nc2cnc3ccccc3c2)c(C(N)=O)cc1F)[C@@H]1CCCC(F)(F)[C@@H]1N. The van der Waals surface area contributed by atoms with Crippen LogP contribution in [0.15, 0.2) is 42.6 Å². The Balaban J connectivity index is 1.71. The molecular formula is C22H23F3N6O. The van der Waals surface area contributed by atoms with E-state index in [1.54, 1.807) is 12.3 Å². The summed E-state index contributed by atoms with van der Waals surface area (Å²) in [6.45, 7) is 0. The molecule has 168 valence electrons. The molecule has 7 nitrogen and oxygen atoms in total. The summed E-state index contributed by atoms with van der Waals surface area (Å²) >= 11 is 0. The molecule has 1 saturated carbocycles. The first-order valence-electron chi connectivity index (χ1n) is 10.2. The average molecular weight is 444 g/mol. The number of para-hydroxylation sites is 1. The molecule has 3 aromatic rings. The second kappa shape index (κ2) is 8.27. The van der Waals surface area contributed by atoms with Crippen molar-refractivity contribution in [2.24, 2.45) is 11.5 Å². The van der Waals surface area contributed by atoms with Crippen molar-refractivity contribution in [2.45, 2.75) is 37.3 Å². The Morgan fingerprint density at radius 3 is 2.78 bits per heavy atom. The van der Waals surface area contributed by atoms with Crippen LogP contribution in [0.1, 0.15) is 29.6 Å². The number of aromatic nitrogens is 2. The van der Waals surface area contributed by atoms with Crippen LogP contribution in [-0.4, -0.2) is 40.9 Å². The number of likely N-dealkylation sites (N-methyl/N-ethyl adjacent to an activating group) is 1. The minimum atomic E-state index is -3.06. The molecule has 2 atom stereocenters. The van der Waals surface area contributed by atoms with Gasteiger partial charge in [0, 0.05) is 18.9 Å². The molecule has 1 fully saturated rings. The number of primary amides is 1. The third-order valence-corrected chi connectivity index (χ3v) is 5.82. The number of hydrogen-bond donors (Lipinski definition) is 3. The second-order valence-electron chi connectivity index (χ2n) is 7.95. The van der Waals surface area contributed by atoms with Crippen LogP contribution in [0, 0.1) is 5.82 Å². The maximum Gasteiger partial charge on any atom is 0.264 e. The number of rotatable bonds is 5. The molecule has 1 aliphatic rings. The van der Waals surface area contributed by atoms with Crippen LogP contribution < -0.4 is 21.7 Å². The maximum absolute atomic E-state index is 14.9. The summed E-state index contributed by atoms with van der Waals surface area (Å²) in [5.74, 6) is -5.01. The van der Waals surface area contributed by atoms with Gasteiger partial charge in [-0.05, 0) is 31.0 Å². The summed E-state index contributed by atoms with van der Waals surface area (Å²) < 4.78 is 43.2.